The number of carbonyl (C=O) groups is 1. The average Bonchev–Trinajstić information content (AvgIpc) is 2.81. The van der Waals surface area contributed by atoms with Crippen LogP contribution in [-0.4, -0.2) is 23.9 Å². The van der Waals surface area contributed by atoms with Crippen LogP contribution < -0.4 is 5.32 Å². The fourth-order valence-electron chi connectivity index (χ4n) is 4.03. The Morgan fingerprint density at radius 3 is 2.24 bits per heavy atom. The molecule has 0 saturated heterocycles. The number of nitrogens with zero attached hydrogens (tertiary/aromatic N) is 1. The molecule has 7 heteroatoms. The normalized spacial score (nSPS) is 15.6. The van der Waals surface area contributed by atoms with E-state index in [0.29, 0.717) is 13.1 Å². The number of benzene rings is 3. The molecular formula is C26H22ClF3N2O. The minimum atomic E-state index is -4.61. The van der Waals surface area contributed by atoms with Crippen molar-refractivity contribution in [3.8, 4) is 0 Å². The van der Waals surface area contributed by atoms with Gasteiger partial charge in [0.15, 0.2) is 0 Å². The van der Waals surface area contributed by atoms with E-state index in [1.807, 2.05) is 53.4 Å². The van der Waals surface area contributed by atoms with Gasteiger partial charge in [-0.1, -0.05) is 78.3 Å². The molecular weight excluding hydrogens is 449 g/mol. The summed E-state index contributed by atoms with van der Waals surface area (Å²) in [5.74, 6) is -0.395. The molecule has 0 radical (unpaired) electrons. The van der Waals surface area contributed by atoms with Crippen molar-refractivity contribution in [1.29, 1.82) is 0 Å². The van der Waals surface area contributed by atoms with E-state index in [4.69, 9.17) is 11.6 Å². The van der Waals surface area contributed by atoms with Crippen LogP contribution >= 0.6 is 11.6 Å². The monoisotopic (exact) mass is 470 g/mol. The number of anilines is 1. The zero-order chi connectivity index (χ0) is 23.4. The molecule has 0 aromatic heterocycles. The van der Waals surface area contributed by atoms with Crippen LogP contribution in [0.1, 0.15) is 29.2 Å². The Labute approximate surface area is 195 Å². The van der Waals surface area contributed by atoms with Gasteiger partial charge in [0.05, 0.1) is 10.6 Å². The summed E-state index contributed by atoms with van der Waals surface area (Å²) >= 11 is 5.71. The first-order valence-electron chi connectivity index (χ1n) is 10.5. The summed E-state index contributed by atoms with van der Waals surface area (Å²) in [6.45, 7) is 1.19. The molecule has 0 aliphatic carbocycles. The van der Waals surface area contributed by atoms with Crippen LogP contribution in [0.2, 0.25) is 5.02 Å². The number of alkyl halides is 3. The number of halogens is 4. The Kier molecular flexibility index (Phi) is 6.86. The van der Waals surface area contributed by atoms with Crippen LogP contribution in [0.4, 0.5) is 18.9 Å². The molecule has 3 aromatic carbocycles. The van der Waals surface area contributed by atoms with E-state index in [-0.39, 0.29) is 5.69 Å². The predicted octanol–water partition coefficient (Wildman–Crippen LogP) is 6.83. The maximum atomic E-state index is 13.3. The molecule has 0 bridgehead atoms. The molecule has 4 rings (SSSR count). The van der Waals surface area contributed by atoms with Gasteiger partial charge in [0.25, 0.3) is 0 Å². The number of hydrogen-bond donors (Lipinski definition) is 1. The second-order valence-corrected chi connectivity index (χ2v) is 8.24. The van der Waals surface area contributed by atoms with Gasteiger partial charge in [-0.15, -0.1) is 0 Å². The third kappa shape index (κ3) is 5.46. The predicted molar refractivity (Wildman–Crippen MR) is 125 cm³/mol. The van der Waals surface area contributed by atoms with E-state index in [2.05, 4.69) is 23.5 Å². The minimum Gasteiger partial charge on any atom is -0.324 e. The molecule has 0 spiro atoms. The Hall–Kier alpha value is -3.09. The fourth-order valence-corrected chi connectivity index (χ4v) is 4.25. The van der Waals surface area contributed by atoms with E-state index in [0.717, 1.165) is 29.7 Å². The maximum absolute atomic E-state index is 13.3. The highest BCUT2D eigenvalue weighted by atomic mass is 35.5. The summed E-state index contributed by atoms with van der Waals surface area (Å²) < 4.78 is 39.7. The fraction of sp³-hybridized carbons (Fsp3) is 0.192. The van der Waals surface area contributed by atoms with Crippen molar-refractivity contribution in [1.82, 2.24) is 4.90 Å². The zero-order valence-electron chi connectivity index (χ0n) is 17.6. The number of rotatable bonds is 5. The van der Waals surface area contributed by atoms with Gasteiger partial charge in [-0.05, 0) is 41.3 Å². The van der Waals surface area contributed by atoms with Crippen LogP contribution in [0, 0.1) is 0 Å². The van der Waals surface area contributed by atoms with Gasteiger partial charge in [0.1, 0.15) is 6.04 Å². The van der Waals surface area contributed by atoms with Crippen LogP contribution in [0.15, 0.2) is 84.9 Å². The molecule has 3 aromatic rings. The van der Waals surface area contributed by atoms with E-state index in [1.54, 1.807) is 0 Å². The second-order valence-electron chi connectivity index (χ2n) is 7.84. The molecule has 1 amide bonds. The SMILES string of the molecule is O=C(Nc1ccc(Cl)c(C(F)(F)F)c1)[C@H](c1ccccc1)N1CC=C(c2ccccc2)CC1. The lowest BCUT2D eigenvalue weighted by Gasteiger charge is -2.33. The number of carbonyl (C=O) groups excluding carboxylic acids is 1. The van der Waals surface area contributed by atoms with Crippen molar-refractivity contribution in [2.45, 2.75) is 18.6 Å². The number of amides is 1. The van der Waals surface area contributed by atoms with Gasteiger partial charge in [-0.3, -0.25) is 9.69 Å². The van der Waals surface area contributed by atoms with E-state index >= 15 is 0 Å². The standard InChI is InChI=1S/C26H22ClF3N2O/c27-23-12-11-21(17-22(23)26(28,29)30)31-25(33)24(20-9-5-2-6-10-20)32-15-13-19(14-16-32)18-7-3-1-4-8-18/h1-13,17,24H,14-16H2,(H,31,33)/t24-/m0/s1. The highest BCUT2D eigenvalue weighted by Gasteiger charge is 2.34. The van der Waals surface area contributed by atoms with Crippen LogP contribution in [-0.2, 0) is 11.0 Å². The highest BCUT2D eigenvalue weighted by Crippen LogP contribution is 2.36. The number of hydrogen-bond acceptors (Lipinski definition) is 2. The van der Waals surface area contributed by atoms with E-state index in [1.165, 1.54) is 11.6 Å². The molecule has 0 saturated carbocycles. The molecule has 1 aliphatic heterocycles. The zero-order valence-corrected chi connectivity index (χ0v) is 18.4. The van der Waals surface area contributed by atoms with Crippen LogP contribution in [0.3, 0.4) is 0 Å². The quantitative estimate of drug-likeness (QED) is 0.443. The average molecular weight is 471 g/mol. The van der Waals surface area contributed by atoms with Crippen LogP contribution in [0.25, 0.3) is 5.57 Å². The van der Waals surface area contributed by atoms with Gasteiger partial charge >= 0.3 is 6.18 Å². The highest BCUT2D eigenvalue weighted by molar-refractivity contribution is 6.31. The summed E-state index contributed by atoms with van der Waals surface area (Å²) in [5, 5.41) is 2.25. The van der Waals surface area contributed by atoms with Gasteiger partial charge in [0, 0.05) is 18.8 Å². The summed E-state index contributed by atoms with van der Waals surface area (Å²) in [6.07, 6.45) is -1.74. The number of nitrogens with one attached hydrogen (secondary N) is 1. The molecule has 33 heavy (non-hydrogen) atoms. The van der Waals surface area contributed by atoms with Crippen LogP contribution in [0.5, 0.6) is 0 Å². The lowest BCUT2D eigenvalue weighted by atomic mass is 9.96. The van der Waals surface area contributed by atoms with Crippen molar-refractivity contribution in [2.24, 2.45) is 0 Å². The van der Waals surface area contributed by atoms with Crippen molar-refractivity contribution < 1.29 is 18.0 Å². The lowest BCUT2D eigenvalue weighted by molar-refractivity contribution is -0.137. The molecule has 1 N–H and O–H groups in total. The molecule has 0 unspecified atom stereocenters. The Morgan fingerprint density at radius 1 is 0.970 bits per heavy atom. The van der Waals surface area contributed by atoms with Crippen molar-refractivity contribution >= 4 is 28.8 Å². The minimum absolute atomic E-state index is 0.0511. The molecule has 1 atom stereocenters. The lowest BCUT2D eigenvalue weighted by Crippen LogP contribution is -2.39. The Balaban J connectivity index is 1.59. The molecule has 1 aliphatic rings. The first kappa shape index (κ1) is 23.1. The first-order valence-corrected chi connectivity index (χ1v) is 10.9. The van der Waals surface area contributed by atoms with Crippen molar-refractivity contribution in [2.75, 3.05) is 18.4 Å². The first-order chi connectivity index (χ1) is 15.8. The summed E-state index contributed by atoms with van der Waals surface area (Å²) in [7, 11) is 0. The van der Waals surface area contributed by atoms with Crippen molar-refractivity contribution in [3.05, 3.63) is 107 Å². The summed E-state index contributed by atoms with van der Waals surface area (Å²) in [6, 6.07) is 22.0. The Bertz CT molecular complexity index is 1150. The largest absolute Gasteiger partial charge is 0.417 e. The van der Waals surface area contributed by atoms with Gasteiger partial charge in [0.2, 0.25) is 5.91 Å². The van der Waals surface area contributed by atoms with E-state index in [9.17, 15) is 18.0 Å². The molecule has 3 nitrogen and oxygen atoms in total. The summed E-state index contributed by atoms with van der Waals surface area (Å²) in [4.78, 5) is 15.3. The maximum Gasteiger partial charge on any atom is 0.417 e. The van der Waals surface area contributed by atoms with E-state index < -0.39 is 28.7 Å². The molecule has 0 fully saturated rings. The van der Waals surface area contributed by atoms with Crippen molar-refractivity contribution in [3.63, 3.8) is 0 Å². The van der Waals surface area contributed by atoms with Gasteiger partial charge < -0.3 is 5.32 Å². The Morgan fingerprint density at radius 2 is 1.64 bits per heavy atom. The molecule has 170 valence electrons. The third-order valence-electron chi connectivity index (χ3n) is 5.65. The van der Waals surface area contributed by atoms with Gasteiger partial charge in [-0.2, -0.15) is 13.2 Å². The topological polar surface area (TPSA) is 32.3 Å². The smallest absolute Gasteiger partial charge is 0.324 e. The third-order valence-corrected chi connectivity index (χ3v) is 5.98. The second kappa shape index (κ2) is 9.81. The van der Waals surface area contributed by atoms with Gasteiger partial charge in [-0.25, -0.2) is 0 Å². The summed E-state index contributed by atoms with van der Waals surface area (Å²) in [5.41, 5.74) is 2.21. The molecule has 1 heterocycles.